The van der Waals surface area contributed by atoms with Crippen LogP contribution >= 0.6 is 15.2 Å². The Kier molecular flexibility index (Phi) is 6.46. The molecular formula is C11H18N2O7P2. The maximum absolute atomic E-state index is 11.6. The lowest BCUT2D eigenvalue weighted by Crippen LogP contribution is -2.47. The molecule has 0 aliphatic heterocycles. The Morgan fingerprint density at radius 2 is 1.50 bits per heavy atom. The molecule has 1 atom stereocenters. The molecule has 0 heterocycles. The molecule has 0 saturated carbocycles. The Labute approximate surface area is 127 Å². The first-order valence-electron chi connectivity index (χ1n) is 6.14. The number of hydrogen-bond donors (Lipinski definition) is 5. The third kappa shape index (κ3) is 7.29. The van der Waals surface area contributed by atoms with Crippen molar-refractivity contribution in [1.29, 1.82) is 0 Å². The van der Waals surface area contributed by atoms with Crippen molar-refractivity contribution in [3.8, 4) is 0 Å². The van der Waals surface area contributed by atoms with E-state index in [1.54, 1.807) is 30.3 Å². The first-order chi connectivity index (χ1) is 9.98. The summed E-state index contributed by atoms with van der Waals surface area (Å²) in [6.07, 6.45) is -1.97. The Balaban J connectivity index is 3.06. The van der Waals surface area contributed by atoms with Crippen LogP contribution < -0.4 is 5.73 Å². The molecule has 1 amide bonds. The first-order valence-corrected chi connectivity index (χ1v) is 9.74. The van der Waals surface area contributed by atoms with Gasteiger partial charge in [0.15, 0.2) is 0 Å². The van der Waals surface area contributed by atoms with Crippen molar-refractivity contribution >= 4 is 21.1 Å². The van der Waals surface area contributed by atoms with Gasteiger partial charge in [0, 0.05) is 0 Å². The minimum atomic E-state index is -4.63. The summed E-state index contributed by atoms with van der Waals surface area (Å²) in [7, 11) is -9.26. The van der Waals surface area contributed by atoms with Gasteiger partial charge in [-0.1, -0.05) is 30.3 Å². The van der Waals surface area contributed by atoms with Gasteiger partial charge in [-0.3, -0.25) is 18.8 Å². The second kappa shape index (κ2) is 7.48. The number of hydrogen-bond acceptors (Lipinski definition) is 4. The topological polar surface area (TPSA) is 161 Å². The molecule has 1 aromatic rings. The van der Waals surface area contributed by atoms with Crippen molar-refractivity contribution in [3.05, 3.63) is 35.9 Å². The highest BCUT2D eigenvalue weighted by molar-refractivity contribution is 7.52. The maximum Gasteiger partial charge on any atom is 0.339 e. The van der Waals surface area contributed by atoms with Gasteiger partial charge in [-0.2, -0.15) is 0 Å². The van der Waals surface area contributed by atoms with E-state index in [0.29, 0.717) is 5.56 Å². The summed E-state index contributed by atoms with van der Waals surface area (Å²) in [6.45, 7) is 0. The molecule has 22 heavy (non-hydrogen) atoms. The smallest absolute Gasteiger partial charge is 0.339 e. The highest BCUT2D eigenvalue weighted by Gasteiger charge is 2.33. The van der Waals surface area contributed by atoms with Crippen molar-refractivity contribution < 1.29 is 33.5 Å². The quantitative estimate of drug-likeness (QED) is 0.397. The molecule has 0 bridgehead atoms. The summed E-state index contributed by atoms with van der Waals surface area (Å²) < 4.78 is 22.3. The highest BCUT2D eigenvalue weighted by Crippen LogP contribution is 2.41. The maximum atomic E-state index is 11.6. The van der Waals surface area contributed by atoms with Crippen LogP contribution in [0, 0.1) is 0 Å². The average Bonchev–Trinajstić information content (AvgIpc) is 2.32. The summed E-state index contributed by atoms with van der Waals surface area (Å²) in [6, 6.07) is 7.23. The lowest BCUT2D eigenvalue weighted by molar-refractivity contribution is -0.122. The van der Waals surface area contributed by atoms with Gasteiger partial charge in [0.1, 0.15) is 12.6 Å². The Morgan fingerprint density at radius 3 is 1.86 bits per heavy atom. The molecule has 0 saturated heterocycles. The van der Waals surface area contributed by atoms with Crippen LogP contribution in [0.15, 0.2) is 30.3 Å². The van der Waals surface area contributed by atoms with Crippen LogP contribution in [0.5, 0.6) is 0 Å². The molecule has 0 spiro atoms. The lowest BCUT2D eigenvalue weighted by Gasteiger charge is -2.29. The molecule has 0 aromatic heterocycles. The molecule has 1 rings (SSSR count). The molecule has 124 valence electrons. The van der Waals surface area contributed by atoms with E-state index in [9.17, 15) is 13.9 Å². The molecular weight excluding hydrogens is 334 g/mol. The molecule has 11 heteroatoms. The van der Waals surface area contributed by atoms with Crippen LogP contribution in [0.3, 0.4) is 0 Å². The second-order valence-electron chi connectivity index (χ2n) is 4.81. The van der Waals surface area contributed by atoms with Gasteiger partial charge >= 0.3 is 15.2 Å². The van der Waals surface area contributed by atoms with Crippen LogP contribution in [-0.4, -0.2) is 49.0 Å². The van der Waals surface area contributed by atoms with E-state index < -0.39 is 39.7 Å². The number of nitrogens with two attached hydrogens (primary N) is 1. The standard InChI is InChI=1S/C11H18N2O7P2/c12-11(14)10(6-9-4-2-1-3-5-9)13(7-21(15,16)17)8-22(18,19)20/h1-5,10H,6-8H2,(H2,12,14)(H2,15,16,17)(H2,18,19,20). The van der Waals surface area contributed by atoms with Gasteiger partial charge in [0.05, 0.1) is 6.04 Å². The third-order valence-corrected chi connectivity index (χ3v) is 4.24. The number of nitrogens with zero attached hydrogens (tertiary/aromatic N) is 1. The third-order valence-electron chi connectivity index (χ3n) is 2.77. The van der Waals surface area contributed by atoms with E-state index in [2.05, 4.69) is 0 Å². The van der Waals surface area contributed by atoms with Crippen molar-refractivity contribution in [1.82, 2.24) is 4.90 Å². The number of benzene rings is 1. The van der Waals surface area contributed by atoms with Gasteiger partial charge in [0.25, 0.3) is 0 Å². The van der Waals surface area contributed by atoms with Crippen molar-refractivity contribution in [2.24, 2.45) is 5.73 Å². The van der Waals surface area contributed by atoms with Crippen molar-refractivity contribution in [2.45, 2.75) is 12.5 Å². The SMILES string of the molecule is NC(=O)C(Cc1ccccc1)N(CP(=O)(O)O)CP(=O)(O)O. The van der Waals surface area contributed by atoms with Crippen LogP contribution in [0.2, 0.25) is 0 Å². The zero-order valence-corrected chi connectivity index (χ0v) is 13.3. The molecule has 0 fully saturated rings. The minimum absolute atomic E-state index is 0.0177. The van der Waals surface area contributed by atoms with Gasteiger partial charge in [0.2, 0.25) is 5.91 Å². The lowest BCUT2D eigenvalue weighted by atomic mass is 10.1. The van der Waals surface area contributed by atoms with Crippen LogP contribution in [0.1, 0.15) is 5.56 Å². The Hall–Kier alpha value is -1.05. The largest absolute Gasteiger partial charge is 0.368 e. The van der Waals surface area contributed by atoms with E-state index in [0.717, 1.165) is 4.90 Å². The molecule has 0 aliphatic rings. The van der Waals surface area contributed by atoms with Gasteiger partial charge in [-0.05, 0) is 12.0 Å². The van der Waals surface area contributed by atoms with Gasteiger partial charge in [-0.25, -0.2) is 0 Å². The fourth-order valence-corrected chi connectivity index (χ4v) is 3.66. The monoisotopic (exact) mass is 352 g/mol. The molecule has 6 N–H and O–H groups in total. The van der Waals surface area contributed by atoms with E-state index >= 15 is 0 Å². The van der Waals surface area contributed by atoms with Crippen molar-refractivity contribution in [2.75, 3.05) is 12.6 Å². The fourth-order valence-electron chi connectivity index (χ4n) is 1.96. The summed E-state index contributed by atoms with van der Waals surface area (Å²) in [4.78, 5) is 48.5. The summed E-state index contributed by atoms with van der Waals surface area (Å²) in [5.41, 5.74) is 5.88. The zero-order valence-electron chi connectivity index (χ0n) is 11.5. The van der Waals surface area contributed by atoms with E-state index in [-0.39, 0.29) is 6.42 Å². The number of primary amides is 1. The molecule has 0 aliphatic carbocycles. The fraction of sp³-hybridized carbons (Fsp3) is 0.364. The minimum Gasteiger partial charge on any atom is -0.368 e. The Bertz CT molecular complexity index is 574. The van der Waals surface area contributed by atoms with Crippen LogP contribution in [-0.2, 0) is 20.3 Å². The molecule has 0 radical (unpaired) electrons. The van der Waals surface area contributed by atoms with E-state index in [1.807, 2.05) is 0 Å². The predicted octanol–water partition coefficient (Wildman–Crippen LogP) is -0.345. The van der Waals surface area contributed by atoms with E-state index in [4.69, 9.17) is 25.3 Å². The zero-order chi connectivity index (χ0) is 17.0. The predicted molar refractivity (Wildman–Crippen MR) is 78.8 cm³/mol. The molecule has 9 nitrogen and oxygen atoms in total. The Morgan fingerprint density at radius 1 is 1.05 bits per heavy atom. The number of rotatable bonds is 8. The van der Waals surface area contributed by atoms with Crippen LogP contribution in [0.25, 0.3) is 0 Å². The van der Waals surface area contributed by atoms with Gasteiger partial charge in [-0.15, -0.1) is 0 Å². The number of carbonyl (C=O) groups is 1. The van der Waals surface area contributed by atoms with Crippen LogP contribution in [0.4, 0.5) is 0 Å². The summed E-state index contributed by atoms with van der Waals surface area (Å²) in [5.74, 6) is -0.925. The van der Waals surface area contributed by atoms with E-state index in [1.165, 1.54) is 0 Å². The molecule has 1 unspecified atom stereocenters. The highest BCUT2D eigenvalue weighted by atomic mass is 31.2. The first kappa shape index (κ1) is 19.0. The van der Waals surface area contributed by atoms with Gasteiger partial charge < -0.3 is 25.3 Å². The van der Waals surface area contributed by atoms with Crippen molar-refractivity contribution in [3.63, 3.8) is 0 Å². The summed E-state index contributed by atoms with van der Waals surface area (Å²) in [5, 5.41) is 0. The number of amides is 1. The number of carbonyl (C=O) groups excluding carboxylic acids is 1. The average molecular weight is 352 g/mol. The normalized spacial score (nSPS) is 14.0. The summed E-state index contributed by atoms with van der Waals surface area (Å²) >= 11 is 0. The second-order valence-corrected chi connectivity index (χ2v) is 8.03. The molecule has 1 aromatic carbocycles.